The molecule has 0 atom stereocenters. The van der Waals surface area contributed by atoms with Gasteiger partial charge in [0.25, 0.3) is 0 Å². The molecule has 0 aliphatic carbocycles. The molecule has 0 aromatic heterocycles. The van der Waals surface area contributed by atoms with Crippen molar-refractivity contribution in [2.24, 2.45) is 0 Å². The van der Waals surface area contributed by atoms with Crippen LogP contribution in [-0.2, 0) is 14.9 Å². The van der Waals surface area contributed by atoms with Gasteiger partial charge in [0.05, 0.1) is 6.61 Å². The van der Waals surface area contributed by atoms with E-state index in [4.69, 9.17) is 9.47 Å². The van der Waals surface area contributed by atoms with E-state index in [1.54, 1.807) is 0 Å². The molecule has 1 aromatic rings. The third kappa shape index (κ3) is 10.2. The molecule has 0 saturated heterocycles. The van der Waals surface area contributed by atoms with Crippen LogP contribution in [0.2, 0.25) is 0 Å². The summed E-state index contributed by atoms with van der Waals surface area (Å²) in [5.74, 6) is 0.417. The van der Waals surface area contributed by atoms with E-state index in [0.717, 1.165) is 12.8 Å². The average Bonchev–Trinajstić information content (AvgIpc) is 2.58. The Morgan fingerprint density at radius 3 is 2.00 bits per heavy atom. The van der Waals surface area contributed by atoms with Crippen LogP contribution >= 0.6 is 0 Å². The predicted molar refractivity (Wildman–Crippen MR) is 104 cm³/mol. The highest BCUT2D eigenvalue weighted by Gasteiger charge is 2.13. The van der Waals surface area contributed by atoms with Gasteiger partial charge in [0.2, 0.25) is 0 Å². The fraction of sp³-hybridized carbons (Fsp3) is 0.682. The number of benzene rings is 1. The summed E-state index contributed by atoms with van der Waals surface area (Å²) >= 11 is 0. The highest BCUT2D eigenvalue weighted by Crippen LogP contribution is 2.24. The lowest BCUT2D eigenvalue weighted by molar-refractivity contribution is -0.146. The molecule has 0 unspecified atom stereocenters. The molecule has 0 saturated carbocycles. The molecule has 1 rings (SSSR count). The summed E-state index contributed by atoms with van der Waals surface area (Å²) in [5.41, 5.74) is 1.37. The highest BCUT2D eigenvalue weighted by atomic mass is 16.6. The molecule has 3 heteroatoms. The van der Waals surface area contributed by atoms with Crippen LogP contribution in [0.15, 0.2) is 24.3 Å². The van der Waals surface area contributed by atoms with Gasteiger partial charge in [0.1, 0.15) is 5.75 Å². The summed E-state index contributed by atoms with van der Waals surface area (Å²) in [7, 11) is 0. The van der Waals surface area contributed by atoms with E-state index in [0.29, 0.717) is 12.4 Å². The first-order valence-corrected chi connectivity index (χ1v) is 9.82. The molecular weight excluding hydrogens is 312 g/mol. The molecular formula is C22H36O3. The standard InChI is InChI=1S/C22H36O3/c1-5-6-7-8-9-10-11-12-17-24-21(23)18-25-20-15-13-19(14-16-20)22(2,3)4/h13-16H,5-12,17-18H2,1-4H3. The van der Waals surface area contributed by atoms with Crippen molar-refractivity contribution < 1.29 is 14.3 Å². The fourth-order valence-electron chi connectivity index (χ4n) is 2.66. The van der Waals surface area contributed by atoms with Crippen molar-refractivity contribution >= 4 is 5.97 Å². The summed E-state index contributed by atoms with van der Waals surface area (Å²) in [6, 6.07) is 7.90. The van der Waals surface area contributed by atoms with E-state index in [-0.39, 0.29) is 18.0 Å². The molecule has 0 fully saturated rings. The lowest BCUT2D eigenvalue weighted by Gasteiger charge is -2.19. The summed E-state index contributed by atoms with van der Waals surface area (Å²) in [4.78, 5) is 11.7. The number of carbonyl (C=O) groups is 1. The number of unbranched alkanes of at least 4 members (excludes halogenated alkanes) is 7. The van der Waals surface area contributed by atoms with Crippen molar-refractivity contribution in [3.8, 4) is 5.75 Å². The largest absolute Gasteiger partial charge is 0.482 e. The minimum absolute atomic E-state index is 0.0219. The maximum Gasteiger partial charge on any atom is 0.344 e. The van der Waals surface area contributed by atoms with Crippen molar-refractivity contribution in [2.75, 3.05) is 13.2 Å². The predicted octanol–water partition coefficient (Wildman–Crippen LogP) is 6.05. The minimum Gasteiger partial charge on any atom is -0.482 e. The molecule has 25 heavy (non-hydrogen) atoms. The van der Waals surface area contributed by atoms with Crippen LogP contribution in [0.4, 0.5) is 0 Å². The third-order valence-corrected chi connectivity index (χ3v) is 4.34. The molecule has 0 radical (unpaired) electrons. The molecule has 142 valence electrons. The average molecular weight is 349 g/mol. The van der Waals surface area contributed by atoms with Crippen molar-refractivity contribution in [3.63, 3.8) is 0 Å². The topological polar surface area (TPSA) is 35.5 Å². The number of carbonyl (C=O) groups excluding carboxylic acids is 1. The van der Waals surface area contributed by atoms with E-state index in [1.807, 2.05) is 24.3 Å². The molecule has 0 aliphatic heterocycles. The summed E-state index contributed by atoms with van der Waals surface area (Å²) in [6.45, 7) is 9.23. The van der Waals surface area contributed by atoms with Gasteiger partial charge in [-0.3, -0.25) is 0 Å². The minimum atomic E-state index is -0.289. The Balaban J connectivity index is 2.07. The van der Waals surface area contributed by atoms with Gasteiger partial charge in [-0.1, -0.05) is 84.8 Å². The van der Waals surface area contributed by atoms with Gasteiger partial charge >= 0.3 is 5.97 Å². The van der Waals surface area contributed by atoms with Crippen LogP contribution in [0.5, 0.6) is 5.75 Å². The van der Waals surface area contributed by atoms with Gasteiger partial charge in [-0.05, 0) is 29.5 Å². The lowest BCUT2D eigenvalue weighted by Crippen LogP contribution is -2.16. The Bertz CT molecular complexity index is 471. The van der Waals surface area contributed by atoms with E-state index >= 15 is 0 Å². The number of hydrogen-bond donors (Lipinski definition) is 0. The Morgan fingerprint density at radius 1 is 0.880 bits per heavy atom. The Morgan fingerprint density at radius 2 is 1.44 bits per heavy atom. The number of rotatable bonds is 12. The number of esters is 1. The zero-order valence-corrected chi connectivity index (χ0v) is 16.6. The van der Waals surface area contributed by atoms with Crippen LogP contribution in [-0.4, -0.2) is 19.2 Å². The van der Waals surface area contributed by atoms with E-state index < -0.39 is 0 Å². The molecule has 1 aromatic carbocycles. The summed E-state index contributed by atoms with van der Waals surface area (Å²) < 4.78 is 10.7. The molecule has 0 spiro atoms. The molecule has 0 bridgehead atoms. The summed E-state index contributed by atoms with van der Waals surface area (Å²) in [6.07, 6.45) is 9.91. The van der Waals surface area contributed by atoms with Gasteiger partial charge in [-0.2, -0.15) is 0 Å². The highest BCUT2D eigenvalue weighted by molar-refractivity contribution is 5.71. The second kappa shape index (κ2) is 11.9. The van der Waals surface area contributed by atoms with E-state index in [1.165, 1.54) is 44.1 Å². The van der Waals surface area contributed by atoms with Gasteiger partial charge < -0.3 is 9.47 Å². The second-order valence-electron chi connectivity index (χ2n) is 7.76. The maximum absolute atomic E-state index is 11.7. The zero-order chi connectivity index (χ0) is 18.5. The van der Waals surface area contributed by atoms with Gasteiger partial charge in [0, 0.05) is 0 Å². The van der Waals surface area contributed by atoms with Crippen molar-refractivity contribution in [3.05, 3.63) is 29.8 Å². The van der Waals surface area contributed by atoms with Crippen LogP contribution in [0.1, 0.15) is 84.6 Å². The first kappa shape index (κ1) is 21.5. The fourth-order valence-corrected chi connectivity index (χ4v) is 2.66. The molecule has 0 N–H and O–H groups in total. The van der Waals surface area contributed by atoms with E-state index in [9.17, 15) is 4.79 Å². The van der Waals surface area contributed by atoms with Crippen molar-refractivity contribution in [2.45, 2.75) is 84.5 Å². The van der Waals surface area contributed by atoms with Crippen molar-refractivity contribution in [1.29, 1.82) is 0 Å². The van der Waals surface area contributed by atoms with Crippen LogP contribution in [0.3, 0.4) is 0 Å². The molecule has 3 nitrogen and oxygen atoms in total. The summed E-state index contributed by atoms with van der Waals surface area (Å²) in [5, 5.41) is 0. The maximum atomic E-state index is 11.7. The first-order valence-electron chi connectivity index (χ1n) is 9.82. The molecule has 0 aliphatic rings. The molecule has 0 amide bonds. The SMILES string of the molecule is CCCCCCCCCCOC(=O)COc1ccc(C(C)(C)C)cc1. The Hall–Kier alpha value is -1.51. The quantitative estimate of drug-likeness (QED) is 0.341. The Kier molecular flexibility index (Phi) is 10.3. The first-order chi connectivity index (χ1) is 11.9. The van der Waals surface area contributed by atoms with Gasteiger partial charge in [0.15, 0.2) is 6.61 Å². The van der Waals surface area contributed by atoms with Crippen molar-refractivity contribution in [1.82, 2.24) is 0 Å². The van der Waals surface area contributed by atoms with Crippen LogP contribution in [0.25, 0.3) is 0 Å². The normalized spacial score (nSPS) is 11.4. The van der Waals surface area contributed by atoms with Crippen LogP contribution < -0.4 is 4.74 Å². The lowest BCUT2D eigenvalue weighted by atomic mass is 9.87. The van der Waals surface area contributed by atoms with Gasteiger partial charge in [-0.25, -0.2) is 4.79 Å². The van der Waals surface area contributed by atoms with E-state index in [2.05, 4.69) is 27.7 Å². The monoisotopic (exact) mass is 348 g/mol. The smallest absolute Gasteiger partial charge is 0.344 e. The Labute approximate surface area is 154 Å². The third-order valence-electron chi connectivity index (χ3n) is 4.34. The van der Waals surface area contributed by atoms with Gasteiger partial charge in [-0.15, -0.1) is 0 Å². The molecule has 0 heterocycles. The second-order valence-corrected chi connectivity index (χ2v) is 7.76. The number of hydrogen-bond acceptors (Lipinski definition) is 3. The van der Waals surface area contributed by atoms with Crippen LogP contribution in [0, 0.1) is 0 Å². The number of ether oxygens (including phenoxy) is 2. The zero-order valence-electron chi connectivity index (χ0n) is 16.6.